The Labute approximate surface area is 193 Å². The standard InChI is InChI=1S/C28H27N3O2/c1-2-33-26-17-9-8-16-25(26)31-20-22(19-27(31)32)28-29-23-14-6-7-15-24(23)30(28)18-10-13-21-11-4-3-5-12-21/h3-17,22H,2,18-20H2,1H3/b13-10+. The highest BCUT2D eigenvalue weighted by Gasteiger charge is 2.35. The molecule has 3 aromatic carbocycles. The van der Waals surface area contributed by atoms with Gasteiger partial charge < -0.3 is 14.2 Å². The Morgan fingerprint density at radius 1 is 1.00 bits per heavy atom. The summed E-state index contributed by atoms with van der Waals surface area (Å²) in [5.41, 5.74) is 4.05. The molecule has 33 heavy (non-hydrogen) atoms. The molecule has 1 atom stereocenters. The van der Waals surface area contributed by atoms with Crippen molar-refractivity contribution in [1.82, 2.24) is 9.55 Å². The van der Waals surface area contributed by atoms with Gasteiger partial charge in [-0.25, -0.2) is 4.98 Å². The van der Waals surface area contributed by atoms with E-state index in [2.05, 4.69) is 34.9 Å². The summed E-state index contributed by atoms with van der Waals surface area (Å²) >= 11 is 0. The first-order chi connectivity index (χ1) is 16.2. The van der Waals surface area contributed by atoms with E-state index in [1.54, 1.807) is 0 Å². The molecule has 166 valence electrons. The number of benzene rings is 3. The van der Waals surface area contributed by atoms with E-state index in [0.717, 1.165) is 28.3 Å². The van der Waals surface area contributed by atoms with Crippen molar-refractivity contribution in [3.05, 3.63) is 96.3 Å². The number of rotatable bonds is 7. The van der Waals surface area contributed by atoms with Gasteiger partial charge in [-0.1, -0.05) is 66.7 Å². The van der Waals surface area contributed by atoms with E-state index in [4.69, 9.17) is 9.72 Å². The minimum absolute atomic E-state index is 0.0182. The predicted octanol–water partition coefficient (Wildman–Crippen LogP) is 5.67. The Kier molecular flexibility index (Phi) is 5.94. The second-order valence-corrected chi connectivity index (χ2v) is 8.19. The van der Waals surface area contributed by atoms with Crippen LogP contribution in [0.3, 0.4) is 0 Å². The molecule has 5 rings (SSSR count). The van der Waals surface area contributed by atoms with Crippen molar-refractivity contribution in [2.24, 2.45) is 0 Å². The number of nitrogens with zero attached hydrogens (tertiary/aromatic N) is 3. The summed E-state index contributed by atoms with van der Waals surface area (Å²) < 4.78 is 8.02. The average Bonchev–Trinajstić information content (AvgIpc) is 3.41. The molecule has 0 N–H and O–H groups in total. The molecule has 0 spiro atoms. The molecule has 1 fully saturated rings. The quantitative estimate of drug-likeness (QED) is 0.374. The first-order valence-electron chi connectivity index (χ1n) is 11.4. The maximum atomic E-state index is 13.1. The second kappa shape index (κ2) is 9.33. The third-order valence-corrected chi connectivity index (χ3v) is 6.03. The van der Waals surface area contributed by atoms with Gasteiger partial charge in [-0.15, -0.1) is 0 Å². The van der Waals surface area contributed by atoms with Crippen molar-refractivity contribution in [3.8, 4) is 5.75 Å². The van der Waals surface area contributed by atoms with Crippen molar-refractivity contribution in [2.45, 2.75) is 25.8 Å². The summed E-state index contributed by atoms with van der Waals surface area (Å²) in [6.07, 6.45) is 4.72. The lowest BCUT2D eigenvalue weighted by Crippen LogP contribution is -2.25. The Bertz CT molecular complexity index is 1290. The van der Waals surface area contributed by atoms with Crippen LogP contribution in [-0.4, -0.2) is 28.6 Å². The number of ether oxygens (including phenoxy) is 1. The Morgan fingerprint density at radius 2 is 1.76 bits per heavy atom. The lowest BCUT2D eigenvalue weighted by atomic mass is 10.1. The summed E-state index contributed by atoms with van der Waals surface area (Å²) in [4.78, 5) is 19.9. The Hall–Kier alpha value is -3.86. The van der Waals surface area contributed by atoms with Crippen molar-refractivity contribution in [2.75, 3.05) is 18.1 Å². The number of fused-ring (bicyclic) bond motifs is 1. The van der Waals surface area contributed by atoms with Crippen LogP contribution >= 0.6 is 0 Å². The monoisotopic (exact) mass is 437 g/mol. The third-order valence-electron chi connectivity index (χ3n) is 6.03. The minimum atomic E-state index is 0.0182. The molecule has 0 radical (unpaired) electrons. The fourth-order valence-corrected chi connectivity index (χ4v) is 4.53. The van der Waals surface area contributed by atoms with Crippen molar-refractivity contribution >= 4 is 28.7 Å². The average molecular weight is 438 g/mol. The van der Waals surface area contributed by atoms with Crippen LogP contribution in [0.2, 0.25) is 0 Å². The van der Waals surface area contributed by atoms with Gasteiger partial charge >= 0.3 is 0 Å². The lowest BCUT2D eigenvalue weighted by Gasteiger charge is -2.20. The van der Waals surface area contributed by atoms with E-state index >= 15 is 0 Å². The van der Waals surface area contributed by atoms with Gasteiger partial charge in [0, 0.05) is 25.4 Å². The molecule has 5 nitrogen and oxygen atoms in total. The molecule has 1 aliphatic rings. The summed E-state index contributed by atoms with van der Waals surface area (Å²) in [5, 5.41) is 0. The molecule has 2 heterocycles. The molecular formula is C28H27N3O2. The maximum Gasteiger partial charge on any atom is 0.227 e. The second-order valence-electron chi connectivity index (χ2n) is 8.19. The summed E-state index contributed by atoms with van der Waals surface area (Å²) in [6.45, 7) is 3.81. The van der Waals surface area contributed by atoms with Crippen LogP contribution in [-0.2, 0) is 11.3 Å². The van der Waals surface area contributed by atoms with E-state index in [1.807, 2.05) is 72.5 Å². The van der Waals surface area contributed by atoms with Crippen LogP contribution in [0.15, 0.2) is 84.9 Å². The van der Waals surface area contributed by atoms with Gasteiger partial charge in [-0.2, -0.15) is 0 Å². The molecule has 1 aliphatic heterocycles. The molecule has 0 aliphatic carbocycles. The number of aromatic nitrogens is 2. The molecule has 1 aromatic heterocycles. The van der Waals surface area contributed by atoms with Crippen molar-refractivity contribution in [1.29, 1.82) is 0 Å². The largest absolute Gasteiger partial charge is 0.492 e. The fraction of sp³-hybridized carbons (Fsp3) is 0.214. The van der Waals surface area contributed by atoms with Crippen LogP contribution in [0.5, 0.6) is 5.75 Å². The maximum absolute atomic E-state index is 13.1. The zero-order chi connectivity index (χ0) is 22.6. The van der Waals surface area contributed by atoms with Gasteiger partial charge in [-0.3, -0.25) is 4.79 Å². The van der Waals surface area contributed by atoms with Gasteiger partial charge in [0.05, 0.1) is 23.3 Å². The Balaban J connectivity index is 1.46. The SMILES string of the molecule is CCOc1ccccc1N1CC(c2nc3ccccc3n2C/C=C/c2ccccc2)CC1=O. The number of amides is 1. The highest BCUT2D eigenvalue weighted by molar-refractivity contribution is 5.97. The van der Waals surface area contributed by atoms with Gasteiger partial charge in [-0.05, 0) is 36.8 Å². The molecule has 5 heteroatoms. The number of anilines is 1. The molecule has 0 saturated carbocycles. The van der Waals surface area contributed by atoms with Crippen molar-refractivity contribution < 1.29 is 9.53 Å². The van der Waals surface area contributed by atoms with E-state index in [-0.39, 0.29) is 11.8 Å². The number of allylic oxidation sites excluding steroid dienone is 1. The summed E-state index contributed by atoms with van der Waals surface area (Å²) in [6, 6.07) is 26.2. The minimum Gasteiger partial charge on any atom is -0.492 e. The molecule has 4 aromatic rings. The van der Waals surface area contributed by atoms with E-state index < -0.39 is 0 Å². The number of imidazole rings is 1. The smallest absolute Gasteiger partial charge is 0.227 e. The lowest BCUT2D eigenvalue weighted by molar-refractivity contribution is -0.117. The normalized spacial score (nSPS) is 16.2. The molecule has 1 amide bonds. The number of para-hydroxylation sites is 4. The molecule has 0 bridgehead atoms. The highest BCUT2D eigenvalue weighted by Crippen LogP contribution is 2.37. The zero-order valence-electron chi connectivity index (χ0n) is 18.7. The van der Waals surface area contributed by atoms with Crippen LogP contribution < -0.4 is 9.64 Å². The topological polar surface area (TPSA) is 47.4 Å². The molecule has 1 unspecified atom stereocenters. The van der Waals surface area contributed by atoms with Crippen LogP contribution in [0.4, 0.5) is 5.69 Å². The Morgan fingerprint density at radius 3 is 2.61 bits per heavy atom. The van der Waals surface area contributed by atoms with Gasteiger partial charge in [0.25, 0.3) is 0 Å². The van der Waals surface area contributed by atoms with Crippen LogP contribution in [0.1, 0.15) is 30.7 Å². The van der Waals surface area contributed by atoms with Gasteiger partial charge in [0.15, 0.2) is 0 Å². The summed E-state index contributed by atoms with van der Waals surface area (Å²) in [7, 11) is 0. The van der Waals surface area contributed by atoms with E-state index in [1.165, 1.54) is 5.56 Å². The number of carbonyl (C=O) groups is 1. The van der Waals surface area contributed by atoms with E-state index in [0.29, 0.717) is 26.1 Å². The number of hydrogen-bond donors (Lipinski definition) is 0. The first-order valence-corrected chi connectivity index (χ1v) is 11.4. The fourth-order valence-electron chi connectivity index (χ4n) is 4.53. The zero-order valence-corrected chi connectivity index (χ0v) is 18.7. The third kappa shape index (κ3) is 4.27. The number of hydrogen-bond acceptors (Lipinski definition) is 3. The van der Waals surface area contributed by atoms with Gasteiger partial charge in [0.1, 0.15) is 11.6 Å². The molecule has 1 saturated heterocycles. The number of carbonyl (C=O) groups excluding carboxylic acids is 1. The predicted molar refractivity (Wildman–Crippen MR) is 133 cm³/mol. The first kappa shape index (κ1) is 21.0. The highest BCUT2D eigenvalue weighted by atomic mass is 16.5. The molecular weight excluding hydrogens is 410 g/mol. The summed E-state index contributed by atoms with van der Waals surface area (Å²) in [5.74, 6) is 1.82. The van der Waals surface area contributed by atoms with Crippen molar-refractivity contribution in [3.63, 3.8) is 0 Å². The van der Waals surface area contributed by atoms with Gasteiger partial charge in [0.2, 0.25) is 5.91 Å². The van der Waals surface area contributed by atoms with Crippen LogP contribution in [0, 0.1) is 0 Å². The van der Waals surface area contributed by atoms with E-state index in [9.17, 15) is 4.79 Å². The van der Waals surface area contributed by atoms with Crippen LogP contribution in [0.25, 0.3) is 17.1 Å².